The number of hydrogen-bond acceptors (Lipinski definition) is 4. The third-order valence-corrected chi connectivity index (χ3v) is 2.93. The van der Waals surface area contributed by atoms with Crippen molar-refractivity contribution < 1.29 is 9.84 Å². The number of ether oxygens (including phenoxy) is 1. The summed E-state index contributed by atoms with van der Waals surface area (Å²) < 4.78 is 5.21. The second-order valence-electron chi connectivity index (χ2n) is 4.35. The highest BCUT2D eigenvalue weighted by Crippen LogP contribution is 2.15. The van der Waals surface area contributed by atoms with Gasteiger partial charge in [-0.1, -0.05) is 18.2 Å². The summed E-state index contributed by atoms with van der Waals surface area (Å²) in [5, 5.41) is 13.2. The van der Waals surface area contributed by atoms with Gasteiger partial charge >= 0.3 is 0 Å². The van der Waals surface area contributed by atoms with Crippen LogP contribution in [-0.2, 0) is 11.3 Å². The smallest absolute Gasteiger partial charge is 0.0705 e. The third-order valence-electron chi connectivity index (χ3n) is 2.93. The number of fused-ring (bicyclic) bond motifs is 1. The third kappa shape index (κ3) is 4.28. The van der Waals surface area contributed by atoms with E-state index in [0.29, 0.717) is 13.2 Å². The lowest BCUT2D eigenvalue weighted by atomic mass is 10.1. The summed E-state index contributed by atoms with van der Waals surface area (Å²) in [5.41, 5.74) is 2.30. The molecule has 0 fully saturated rings. The van der Waals surface area contributed by atoms with Gasteiger partial charge in [0, 0.05) is 24.7 Å². The average Bonchev–Trinajstić information content (AvgIpc) is 2.46. The molecule has 1 aromatic carbocycles. The predicted molar refractivity (Wildman–Crippen MR) is 76.0 cm³/mol. The van der Waals surface area contributed by atoms with E-state index in [1.54, 1.807) is 0 Å². The largest absolute Gasteiger partial charge is 0.394 e. The molecule has 0 saturated carbocycles. The zero-order valence-electron chi connectivity index (χ0n) is 11.0. The van der Waals surface area contributed by atoms with E-state index >= 15 is 0 Å². The van der Waals surface area contributed by atoms with Crippen LogP contribution in [0.2, 0.25) is 0 Å². The van der Waals surface area contributed by atoms with E-state index in [-0.39, 0.29) is 6.61 Å². The van der Waals surface area contributed by atoms with Gasteiger partial charge in [-0.05, 0) is 30.7 Å². The Kier molecular flexibility index (Phi) is 5.75. The van der Waals surface area contributed by atoms with Crippen LogP contribution in [0.15, 0.2) is 36.5 Å². The Labute approximate surface area is 113 Å². The summed E-state index contributed by atoms with van der Waals surface area (Å²) in [6, 6.07) is 10.2. The fraction of sp³-hybridized carbons (Fsp3) is 0.400. The standard InChI is InChI=1S/C15H20N2O2/c18-9-11-19-10-3-7-16-12-13-6-8-17-15-5-2-1-4-14(13)15/h1-2,4-6,8,16,18H,3,7,9-12H2. The van der Waals surface area contributed by atoms with Gasteiger partial charge in [-0.2, -0.15) is 0 Å². The molecule has 1 aromatic heterocycles. The predicted octanol–water partition coefficient (Wildman–Crippen LogP) is 1.72. The number of rotatable bonds is 8. The maximum atomic E-state index is 8.57. The van der Waals surface area contributed by atoms with Crippen LogP contribution < -0.4 is 5.32 Å². The lowest BCUT2D eigenvalue weighted by Gasteiger charge is -2.08. The van der Waals surface area contributed by atoms with Crippen LogP contribution in [0.3, 0.4) is 0 Å². The van der Waals surface area contributed by atoms with Gasteiger partial charge in [-0.25, -0.2) is 0 Å². The van der Waals surface area contributed by atoms with Gasteiger partial charge in [0.05, 0.1) is 18.7 Å². The molecule has 0 atom stereocenters. The minimum absolute atomic E-state index is 0.0937. The Hall–Kier alpha value is -1.49. The molecule has 2 aromatic rings. The molecule has 0 aliphatic carbocycles. The molecule has 0 aliphatic rings. The molecule has 0 radical (unpaired) electrons. The number of pyridine rings is 1. The summed E-state index contributed by atoms with van der Waals surface area (Å²) in [4.78, 5) is 4.35. The lowest BCUT2D eigenvalue weighted by Crippen LogP contribution is -2.17. The molecule has 2 N–H and O–H groups in total. The van der Waals surface area contributed by atoms with Crippen LogP contribution in [0.25, 0.3) is 10.9 Å². The Morgan fingerprint density at radius 1 is 1.16 bits per heavy atom. The number of aliphatic hydroxyl groups excluding tert-OH is 1. The monoisotopic (exact) mass is 260 g/mol. The zero-order chi connectivity index (χ0) is 13.3. The van der Waals surface area contributed by atoms with Gasteiger partial charge in [0.15, 0.2) is 0 Å². The SMILES string of the molecule is OCCOCCCNCc1ccnc2ccccc12. The number of para-hydroxylation sites is 1. The summed E-state index contributed by atoms with van der Waals surface area (Å²) in [6.07, 6.45) is 2.80. The van der Waals surface area contributed by atoms with Crippen LogP contribution in [0, 0.1) is 0 Å². The molecule has 4 heteroatoms. The van der Waals surface area contributed by atoms with Crippen molar-refractivity contribution in [3.8, 4) is 0 Å². The molecular weight excluding hydrogens is 240 g/mol. The molecule has 0 aliphatic heterocycles. The van der Waals surface area contributed by atoms with Crippen molar-refractivity contribution in [1.82, 2.24) is 10.3 Å². The van der Waals surface area contributed by atoms with Crippen molar-refractivity contribution in [1.29, 1.82) is 0 Å². The highest BCUT2D eigenvalue weighted by molar-refractivity contribution is 5.81. The van der Waals surface area contributed by atoms with Crippen molar-refractivity contribution in [2.45, 2.75) is 13.0 Å². The molecule has 4 nitrogen and oxygen atoms in total. The first-order chi connectivity index (χ1) is 9.42. The number of benzene rings is 1. The Bertz CT molecular complexity index is 497. The summed E-state index contributed by atoms with van der Waals surface area (Å²) in [6.45, 7) is 2.95. The van der Waals surface area contributed by atoms with Crippen molar-refractivity contribution in [3.05, 3.63) is 42.1 Å². The van der Waals surface area contributed by atoms with Gasteiger partial charge in [0.1, 0.15) is 0 Å². The summed E-state index contributed by atoms with van der Waals surface area (Å²) in [7, 11) is 0. The molecule has 2 rings (SSSR count). The molecule has 1 heterocycles. The Morgan fingerprint density at radius 2 is 2.05 bits per heavy atom. The first-order valence-electron chi connectivity index (χ1n) is 6.64. The molecule has 19 heavy (non-hydrogen) atoms. The van der Waals surface area contributed by atoms with E-state index in [0.717, 1.165) is 25.0 Å². The van der Waals surface area contributed by atoms with E-state index in [2.05, 4.69) is 22.4 Å². The number of aromatic nitrogens is 1. The number of hydrogen-bond donors (Lipinski definition) is 2. The fourth-order valence-electron chi connectivity index (χ4n) is 2.00. The topological polar surface area (TPSA) is 54.4 Å². The zero-order valence-corrected chi connectivity index (χ0v) is 11.0. The highest BCUT2D eigenvalue weighted by atomic mass is 16.5. The molecule has 0 bridgehead atoms. The van der Waals surface area contributed by atoms with E-state index in [1.165, 1.54) is 10.9 Å². The van der Waals surface area contributed by atoms with E-state index < -0.39 is 0 Å². The van der Waals surface area contributed by atoms with Crippen LogP contribution in [-0.4, -0.2) is 36.5 Å². The molecule has 102 valence electrons. The van der Waals surface area contributed by atoms with Gasteiger partial charge < -0.3 is 15.2 Å². The Balaban J connectivity index is 1.78. The average molecular weight is 260 g/mol. The second kappa shape index (κ2) is 7.84. The minimum atomic E-state index is 0.0937. The first-order valence-corrected chi connectivity index (χ1v) is 6.64. The van der Waals surface area contributed by atoms with Gasteiger partial charge in [0.25, 0.3) is 0 Å². The Morgan fingerprint density at radius 3 is 2.95 bits per heavy atom. The summed E-state index contributed by atoms with van der Waals surface area (Å²) >= 11 is 0. The van der Waals surface area contributed by atoms with E-state index in [4.69, 9.17) is 9.84 Å². The highest BCUT2D eigenvalue weighted by Gasteiger charge is 2.00. The van der Waals surface area contributed by atoms with Crippen LogP contribution >= 0.6 is 0 Å². The number of aliphatic hydroxyl groups is 1. The molecule has 0 unspecified atom stereocenters. The second-order valence-corrected chi connectivity index (χ2v) is 4.35. The molecule has 0 amide bonds. The van der Waals surface area contributed by atoms with Crippen LogP contribution in [0.5, 0.6) is 0 Å². The molecular formula is C15H20N2O2. The van der Waals surface area contributed by atoms with Crippen LogP contribution in [0.4, 0.5) is 0 Å². The first kappa shape index (κ1) is 13.9. The molecule has 0 spiro atoms. The van der Waals surface area contributed by atoms with Gasteiger partial charge in [-0.3, -0.25) is 4.98 Å². The normalized spacial score (nSPS) is 11.0. The number of nitrogens with zero attached hydrogens (tertiary/aromatic N) is 1. The number of nitrogens with one attached hydrogen (secondary N) is 1. The van der Waals surface area contributed by atoms with Crippen molar-refractivity contribution in [3.63, 3.8) is 0 Å². The van der Waals surface area contributed by atoms with Crippen molar-refractivity contribution in [2.24, 2.45) is 0 Å². The summed E-state index contributed by atoms with van der Waals surface area (Å²) in [5.74, 6) is 0. The van der Waals surface area contributed by atoms with Crippen molar-refractivity contribution >= 4 is 10.9 Å². The quantitative estimate of drug-likeness (QED) is 0.710. The maximum absolute atomic E-state index is 8.57. The van der Waals surface area contributed by atoms with E-state index in [9.17, 15) is 0 Å². The van der Waals surface area contributed by atoms with Gasteiger partial charge in [-0.15, -0.1) is 0 Å². The van der Waals surface area contributed by atoms with Crippen LogP contribution in [0.1, 0.15) is 12.0 Å². The van der Waals surface area contributed by atoms with Crippen molar-refractivity contribution in [2.75, 3.05) is 26.4 Å². The van der Waals surface area contributed by atoms with E-state index in [1.807, 2.05) is 24.4 Å². The molecule has 0 saturated heterocycles. The lowest BCUT2D eigenvalue weighted by molar-refractivity contribution is 0.0907. The fourth-order valence-corrected chi connectivity index (χ4v) is 2.00. The van der Waals surface area contributed by atoms with Gasteiger partial charge in [0.2, 0.25) is 0 Å². The maximum Gasteiger partial charge on any atom is 0.0705 e. The minimum Gasteiger partial charge on any atom is -0.394 e.